The maximum atomic E-state index is 13.0. The van der Waals surface area contributed by atoms with Gasteiger partial charge in [0.15, 0.2) is 17.4 Å². The molecule has 0 spiro atoms. The molecule has 0 atom stereocenters. The first kappa shape index (κ1) is 13.6. The summed E-state index contributed by atoms with van der Waals surface area (Å²) in [5, 5.41) is -0.00687. The van der Waals surface area contributed by atoms with Crippen molar-refractivity contribution < 1.29 is 18.0 Å². The Balaban J connectivity index is 2.23. The van der Waals surface area contributed by atoms with E-state index >= 15 is 0 Å². The van der Waals surface area contributed by atoms with E-state index in [1.165, 1.54) is 12.1 Å². The molecule has 2 rings (SSSR count). The van der Waals surface area contributed by atoms with Gasteiger partial charge in [-0.05, 0) is 35.9 Å². The molecule has 0 fully saturated rings. The number of hydrogen-bond donors (Lipinski definition) is 0. The average Bonchev–Trinajstić information content (AvgIpc) is 2.33. The van der Waals surface area contributed by atoms with Crippen molar-refractivity contribution in [1.82, 2.24) is 0 Å². The summed E-state index contributed by atoms with van der Waals surface area (Å²) in [5.41, 5.74) is 0.470. The van der Waals surface area contributed by atoms with Crippen LogP contribution in [0.2, 0.25) is 5.02 Å². The number of rotatable bonds is 3. The van der Waals surface area contributed by atoms with Crippen molar-refractivity contribution in [2.75, 3.05) is 0 Å². The maximum absolute atomic E-state index is 13.0. The third-order valence-electron chi connectivity index (χ3n) is 2.58. The molecule has 0 heterocycles. The van der Waals surface area contributed by atoms with Crippen LogP contribution in [0.5, 0.6) is 0 Å². The van der Waals surface area contributed by atoms with Crippen molar-refractivity contribution in [3.8, 4) is 0 Å². The van der Waals surface area contributed by atoms with E-state index in [1.807, 2.05) is 0 Å². The lowest BCUT2D eigenvalue weighted by Gasteiger charge is -2.04. The lowest BCUT2D eigenvalue weighted by molar-refractivity contribution is 0.0993. The number of Topliss-reactive ketones (excluding diaryl/α,β-unsaturated/α-hetero) is 1. The van der Waals surface area contributed by atoms with Crippen LogP contribution in [0.15, 0.2) is 36.4 Å². The first-order valence-corrected chi connectivity index (χ1v) is 5.77. The zero-order valence-corrected chi connectivity index (χ0v) is 10.3. The number of carbonyl (C=O) groups is 1. The van der Waals surface area contributed by atoms with Gasteiger partial charge in [0.2, 0.25) is 0 Å². The van der Waals surface area contributed by atoms with Crippen molar-refractivity contribution in [3.63, 3.8) is 0 Å². The van der Waals surface area contributed by atoms with Crippen molar-refractivity contribution in [1.29, 1.82) is 0 Å². The van der Waals surface area contributed by atoms with Gasteiger partial charge >= 0.3 is 0 Å². The highest BCUT2D eigenvalue weighted by Gasteiger charge is 2.13. The van der Waals surface area contributed by atoms with Crippen LogP contribution in [-0.4, -0.2) is 5.78 Å². The van der Waals surface area contributed by atoms with Gasteiger partial charge in [-0.3, -0.25) is 4.79 Å². The Morgan fingerprint density at radius 3 is 2.37 bits per heavy atom. The van der Waals surface area contributed by atoms with E-state index in [9.17, 15) is 18.0 Å². The topological polar surface area (TPSA) is 17.1 Å². The van der Waals surface area contributed by atoms with E-state index in [2.05, 4.69) is 0 Å². The Hall–Kier alpha value is -1.81. The Bertz CT molecular complexity index is 641. The van der Waals surface area contributed by atoms with Crippen LogP contribution < -0.4 is 0 Å². The van der Waals surface area contributed by atoms with Gasteiger partial charge in [0.1, 0.15) is 5.82 Å². The Labute approximate surface area is 112 Å². The van der Waals surface area contributed by atoms with Gasteiger partial charge in [-0.15, -0.1) is 0 Å². The van der Waals surface area contributed by atoms with Gasteiger partial charge in [0, 0.05) is 12.0 Å². The molecule has 2 aromatic carbocycles. The predicted molar refractivity (Wildman–Crippen MR) is 65.8 cm³/mol. The fraction of sp³-hybridized carbons (Fsp3) is 0.0714. The molecule has 0 N–H and O–H groups in total. The largest absolute Gasteiger partial charge is 0.294 e. The van der Waals surface area contributed by atoms with Crippen molar-refractivity contribution in [2.45, 2.75) is 6.42 Å². The van der Waals surface area contributed by atoms with Gasteiger partial charge in [0.05, 0.1) is 5.02 Å². The predicted octanol–water partition coefficient (Wildman–Crippen LogP) is 4.18. The fourth-order valence-corrected chi connectivity index (χ4v) is 1.92. The summed E-state index contributed by atoms with van der Waals surface area (Å²) in [5.74, 6) is -2.93. The first-order chi connectivity index (χ1) is 8.97. The van der Waals surface area contributed by atoms with E-state index in [4.69, 9.17) is 11.6 Å². The normalized spacial score (nSPS) is 10.5. The Morgan fingerprint density at radius 2 is 1.74 bits per heavy atom. The molecule has 1 nitrogen and oxygen atoms in total. The second kappa shape index (κ2) is 5.45. The molecule has 0 amide bonds. The van der Waals surface area contributed by atoms with Crippen LogP contribution >= 0.6 is 11.6 Å². The summed E-state index contributed by atoms with van der Waals surface area (Å²) in [7, 11) is 0. The van der Waals surface area contributed by atoms with Crippen LogP contribution in [0.3, 0.4) is 0 Å². The van der Waals surface area contributed by atoms with Crippen LogP contribution in [0.25, 0.3) is 0 Å². The van der Waals surface area contributed by atoms with Crippen molar-refractivity contribution >= 4 is 17.4 Å². The smallest absolute Gasteiger partial charge is 0.168 e. The minimum absolute atomic E-state index is 0.00687. The van der Waals surface area contributed by atoms with Crippen LogP contribution in [-0.2, 0) is 6.42 Å². The summed E-state index contributed by atoms with van der Waals surface area (Å²) in [6.07, 6.45) is -0.136. The van der Waals surface area contributed by atoms with Crippen LogP contribution in [0.4, 0.5) is 13.2 Å². The average molecular weight is 285 g/mol. The van der Waals surface area contributed by atoms with Gasteiger partial charge in [-0.25, -0.2) is 13.2 Å². The molecule has 0 saturated heterocycles. The number of ketones is 1. The standard InChI is InChI=1S/C14H8ClF3O/c15-11-7-9(16)2-3-10(11)14(19)6-8-1-4-12(17)13(18)5-8/h1-5,7H,6H2. The SMILES string of the molecule is O=C(Cc1ccc(F)c(F)c1)c1ccc(F)cc1Cl. The molecule has 0 aliphatic carbocycles. The highest BCUT2D eigenvalue weighted by atomic mass is 35.5. The highest BCUT2D eigenvalue weighted by Crippen LogP contribution is 2.20. The second-order valence-corrected chi connectivity index (χ2v) is 4.38. The second-order valence-electron chi connectivity index (χ2n) is 3.97. The van der Waals surface area contributed by atoms with Gasteiger partial charge in [-0.1, -0.05) is 17.7 Å². The van der Waals surface area contributed by atoms with Crippen molar-refractivity contribution in [2.24, 2.45) is 0 Å². The van der Waals surface area contributed by atoms with Gasteiger partial charge in [-0.2, -0.15) is 0 Å². The monoisotopic (exact) mass is 284 g/mol. The molecular formula is C14H8ClF3O. The first-order valence-electron chi connectivity index (χ1n) is 5.39. The summed E-state index contributed by atoms with van der Waals surface area (Å²) < 4.78 is 38.6. The molecule has 19 heavy (non-hydrogen) atoms. The minimum Gasteiger partial charge on any atom is -0.294 e. The van der Waals surface area contributed by atoms with Crippen LogP contribution in [0.1, 0.15) is 15.9 Å². The lowest BCUT2D eigenvalue weighted by Crippen LogP contribution is -2.05. The molecular weight excluding hydrogens is 277 g/mol. The van der Waals surface area contributed by atoms with Crippen LogP contribution in [0, 0.1) is 17.5 Å². The Kier molecular flexibility index (Phi) is 3.90. The molecule has 5 heteroatoms. The minimum atomic E-state index is -1.02. The lowest BCUT2D eigenvalue weighted by atomic mass is 10.0. The van der Waals surface area contributed by atoms with E-state index < -0.39 is 23.2 Å². The summed E-state index contributed by atoms with van der Waals surface area (Å²) in [6.45, 7) is 0. The fourth-order valence-electron chi connectivity index (χ4n) is 1.65. The summed E-state index contributed by atoms with van der Waals surface area (Å²) >= 11 is 5.75. The zero-order chi connectivity index (χ0) is 14.0. The third-order valence-corrected chi connectivity index (χ3v) is 2.89. The van der Waals surface area contributed by atoms with E-state index in [0.717, 1.165) is 24.3 Å². The number of hydrogen-bond acceptors (Lipinski definition) is 1. The highest BCUT2D eigenvalue weighted by molar-refractivity contribution is 6.34. The summed E-state index contributed by atoms with van der Waals surface area (Å²) in [4.78, 5) is 11.9. The molecule has 0 radical (unpaired) electrons. The number of carbonyl (C=O) groups excluding carboxylic acids is 1. The molecule has 0 aromatic heterocycles. The molecule has 0 aliphatic heterocycles. The number of benzene rings is 2. The van der Waals surface area contributed by atoms with Crippen molar-refractivity contribution in [3.05, 3.63) is 70.0 Å². The molecule has 0 saturated carbocycles. The third kappa shape index (κ3) is 3.15. The van der Waals surface area contributed by atoms with E-state index in [0.29, 0.717) is 5.56 Å². The number of halogens is 4. The molecule has 0 aliphatic rings. The summed E-state index contributed by atoms with van der Waals surface area (Å²) in [6, 6.07) is 6.62. The maximum Gasteiger partial charge on any atom is 0.168 e. The quantitative estimate of drug-likeness (QED) is 0.773. The Morgan fingerprint density at radius 1 is 1.00 bits per heavy atom. The van der Waals surface area contributed by atoms with Gasteiger partial charge in [0.25, 0.3) is 0 Å². The molecule has 98 valence electrons. The molecule has 0 bridgehead atoms. The molecule has 2 aromatic rings. The van der Waals surface area contributed by atoms with E-state index in [1.54, 1.807) is 0 Å². The zero-order valence-electron chi connectivity index (χ0n) is 9.59. The molecule has 0 unspecified atom stereocenters. The van der Waals surface area contributed by atoms with Gasteiger partial charge < -0.3 is 0 Å². The van der Waals surface area contributed by atoms with E-state index in [-0.39, 0.29) is 17.0 Å².